The van der Waals surface area contributed by atoms with Gasteiger partial charge in [-0.1, -0.05) is 12.1 Å². The van der Waals surface area contributed by atoms with Gasteiger partial charge in [-0.3, -0.25) is 4.79 Å². The van der Waals surface area contributed by atoms with Gasteiger partial charge in [0.15, 0.2) is 0 Å². The number of Topliss-reactive ketones (excluding diaryl/α,β-unsaturated/α-hetero) is 1. The minimum atomic E-state index is -4.50. The average Bonchev–Trinajstić information content (AvgIpc) is 2.70. The molecular formula is C14H12F3NO3. The van der Waals surface area contributed by atoms with Crippen LogP contribution < -0.4 is 5.73 Å². The van der Waals surface area contributed by atoms with Crippen LogP contribution in [0.15, 0.2) is 42.2 Å². The molecule has 0 spiro atoms. The van der Waals surface area contributed by atoms with Gasteiger partial charge in [0.2, 0.25) is 17.4 Å². The van der Waals surface area contributed by atoms with Gasteiger partial charge in [-0.15, -0.1) is 0 Å². The van der Waals surface area contributed by atoms with E-state index < -0.39 is 17.5 Å². The summed E-state index contributed by atoms with van der Waals surface area (Å²) >= 11 is 0. The summed E-state index contributed by atoms with van der Waals surface area (Å²) in [5.74, 6) is -1.01. The van der Waals surface area contributed by atoms with Gasteiger partial charge >= 0.3 is 6.18 Å². The van der Waals surface area contributed by atoms with E-state index in [1.165, 1.54) is 12.1 Å². The number of ether oxygens (including phenoxy) is 2. The highest BCUT2D eigenvalue weighted by atomic mass is 19.4. The van der Waals surface area contributed by atoms with E-state index in [4.69, 9.17) is 15.2 Å². The van der Waals surface area contributed by atoms with Crippen molar-refractivity contribution < 1.29 is 27.4 Å². The van der Waals surface area contributed by atoms with Crippen LogP contribution >= 0.6 is 0 Å². The second-order valence-electron chi connectivity index (χ2n) is 4.19. The molecule has 21 heavy (non-hydrogen) atoms. The lowest BCUT2D eigenvalue weighted by Crippen LogP contribution is -2.07. The molecule has 2 N–H and O–H groups in total. The lowest BCUT2D eigenvalue weighted by Gasteiger charge is -2.08. The maximum Gasteiger partial charge on any atom is 0.416 e. The van der Waals surface area contributed by atoms with E-state index in [1.807, 2.05) is 0 Å². The minimum absolute atomic E-state index is 0.0484. The molecule has 0 atom stereocenters. The maximum atomic E-state index is 12.7. The molecule has 0 saturated heterocycles. The molecule has 0 fully saturated rings. The molecule has 0 amide bonds. The van der Waals surface area contributed by atoms with E-state index in [0.29, 0.717) is 6.61 Å². The number of hydrogen-bond acceptors (Lipinski definition) is 4. The molecule has 0 unspecified atom stereocenters. The molecule has 1 aromatic carbocycles. The van der Waals surface area contributed by atoms with Crippen LogP contribution in [0.1, 0.15) is 18.1 Å². The van der Waals surface area contributed by atoms with Crippen molar-refractivity contribution in [1.82, 2.24) is 0 Å². The number of benzene rings is 1. The van der Waals surface area contributed by atoms with E-state index in [-0.39, 0.29) is 22.8 Å². The highest BCUT2D eigenvalue weighted by molar-refractivity contribution is 6.30. The van der Waals surface area contributed by atoms with Crippen molar-refractivity contribution in [2.45, 2.75) is 13.1 Å². The summed E-state index contributed by atoms with van der Waals surface area (Å²) in [5, 5.41) is 0. The molecule has 0 bridgehead atoms. The zero-order valence-electron chi connectivity index (χ0n) is 11.0. The second kappa shape index (κ2) is 5.51. The number of nitrogens with two attached hydrogens (primary N) is 1. The summed E-state index contributed by atoms with van der Waals surface area (Å²) in [7, 11) is 0. The Balaban J connectivity index is 2.39. The first-order valence-electron chi connectivity index (χ1n) is 6.06. The van der Waals surface area contributed by atoms with Gasteiger partial charge in [0, 0.05) is 0 Å². The van der Waals surface area contributed by atoms with Crippen molar-refractivity contribution in [3.05, 3.63) is 53.3 Å². The quantitative estimate of drug-likeness (QED) is 0.688. The summed E-state index contributed by atoms with van der Waals surface area (Å²) in [6.07, 6.45) is -3.41. The minimum Gasteiger partial charge on any atom is -0.497 e. The van der Waals surface area contributed by atoms with E-state index in [2.05, 4.69) is 0 Å². The van der Waals surface area contributed by atoms with Crippen molar-refractivity contribution in [3.8, 4) is 0 Å². The van der Waals surface area contributed by atoms with Crippen LogP contribution in [0.3, 0.4) is 0 Å². The van der Waals surface area contributed by atoms with E-state index >= 15 is 0 Å². The van der Waals surface area contributed by atoms with Crippen molar-refractivity contribution >= 4 is 11.4 Å². The molecule has 1 aromatic rings. The van der Waals surface area contributed by atoms with E-state index in [0.717, 1.165) is 18.4 Å². The molecule has 1 aliphatic heterocycles. The van der Waals surface area contributed by atoms with Gasteiger partial charge in [0.1, 0.15) is 6.26 Å². The molecule has 4 nitrogen and oxygen atoms in total. The Bertz CT molecular complexity index is 633. The first kappa shape index (κ1) is 15.0. The molecule has 0 aromatic heterocycles. The Hall–Kier alpha value is -2.44. The number of hydrogen-bond donors (Lipinski definition) is 1. The third kappa shape index (κ3) is 3.01. The number of rotatable bonds is 3. The predicted octanol–water partition coefficient (Wildman–Crippen LogP) is 2.81. The molecule has 1 aliphatic rings. The number of ketones is 1. The molecule has 0 aliphatic carbocycles. The summed E-state index contributed by atoms with van der Waals surface area (Å²) in [6, 6.07) is 4.34. The lowest BCUT2D eigenvalue weighted by atomic mass is 10.0. The maximum absolute atomic E-state index is 12.7. The SMILES string of the molecule is CCO/C=C1\OC(N)=C(c2cccc(C(F)(F)F)c2)C1=O. The fourth-order valence-electron chi connectivity index (χ4n) is 1.81. The van der Waals surface area contributed by atoms with Gasteiger partial charge in [-0.2, -0.15) is 13.2 Å². The summed E-state index contributed by atoms with van der Waals surface area (Å²) in [5.41, 5.74) is 4.66. The summed E-state index contributed by atoms with van der Waals surface area (Å²) < 4.78 is 48.1. The number of carbonyl (C=O) groups excluding carboxylic acids is 1. The van der Waals surface area contributed by atoms with Crippen LogP contribution in [0.25, 0.3) is 5.57 Å². The van der Waals surface area contributed by atoms with Gasteiger partial charge in [0.05, 0.1) is 17.7 Å². The molecule has 2 rings (SSSR count). The highest BCUT2D eigenvalue weighted by Crippen LogP contribution is 2.34. The van der Waals surface area contributed by atoms with Crippen LogP contribution in [0.5, 0.6) is 0 Å². The third-order valence-electron chi connectivity index (χ3n) is 2.75. The number of alkyl halides is 3. The van der Waals surface area contributed by atoms with Gasteiger partial charge in [-0.25, -0.2) is 0 Å². The summed E-state index contributed by atoms with van der Waals surface area (Å²) in [6.45, 7) is 2.03. The summed E-state index contributed by atoms with van der Waals surface area (Å²) in [4.78, 5) is 12.1. The first-order chi connectivity index (χ1) is 9.84. The van der Waals surface area contributed by atoms with Crippen molar-refractivity contribution in [2.24, 2.45) is 5.73 Å². The van der Waals surface area contributed by atoms with Crippen molar-refractivity contribution in [1.29, 1.82) is 0 Å². The highest BCUT2D eigenvalue weighted by Gasteiger charge is 2.34. The largest absolute Gasteiger partial charge is 0.497 e. The average molecular weight is 299 g/mol. The van der Waals surface area contributed by atoms with Crippen LogP contribution in [-0.2, 0) is 20.4 Å². The lowest BCUT2D eigenvalue weighted by molar-refractivity contribution is -0.137. The topological polar surface area (TPSA) is 61.6 Å². The number of carbonyl (C=O) groups is 1. The number of halogens is 3. The fourth-order valence-corrected chi connectivity index (χ4v) is 1.81. The van der Waals surface area contributed by atoms with Crippen LogP contribution in [0, 0.1) is 0 Å². The second-order valence-corrected chi connectivity index (χ2v) is 4.19. The molecule has 1 heterocycles. The Morgan fingerprint density at radius 2 is 2.10 bits per heavy atom. The molecule has 112 valence electrons. The van der Waals surface area contributed by atoms with E-state index in [9.17, 15) is 18.0 Å². The Morgan fingerprint density at radius 3 is 2.71 bits per heavy atom. The van der Waals surface area contributed by atoms with Crippen LogP contribution in [-0.4, -0.2) is 12.4 Å². The zero-order chi connectivity index (χ0) is 15.6. The van der Waals surface area contributed by atoms with Gasteiger partial charge < -0.3 is 15.2 Å². The zero-order valence-corrected chi connectivity index (χ0v) is 11.0. The standard InChI is InChI=1S/C14H12F3NO3/c1-2-20-7-10-12(19)11(13(18)21-10)8-4-3-5-9(6-8)14(15,16)17/h3-7H,2,18H2,1H3/b10-7-. The van der Waals surface area contributed by atoms with Crippen LogP contribution in [0.4, 0.5) is 13.2 Å². The Morgan fingerprint density at radius 1 is 1.38 bits per heavy atom. The van der Waals surface area contributed by atoms with Crippen LogP contribution in [0.2, 0.25) is 0 Å². The van der Waals surface area contributed by atoms with Crippen molar-refractivity contribution in [2.75, 3.05) is 6.61 Å². The predicted molar refractivity (Wildman–Crippen MR) is 68.4 cm³/mol. The van der Waals surface area contributed by atoms with Gasteiger partial charge in [0.25, 0.3) is 0 Å². The number of allylic oxidation sites excluding steroid dienone is 1. The van der Waals surface area contributed by atoms with Gasteiger partial charge in [-0.05, 0) is 24.6 Å². The third-order valence-corrected chi connectivity index (χ3v) is 2.75. The molecular weight excluding hydrogens is 287 g/mol. The smallest absolute Gasteiger partial charge is 0.416 e. The van der Waals surface area contributed by atoms with Crippen molar-refractivity contribution in [3.63, 3.8) is 0 Å². The molecule has 0 radical (unpaired) electrons. The Labute approximate surface area is 118 Å². The Kier molecular flexibility index (Phi) is 3.93. The molecule has 7 heteroatoms. The van der Waals surface area contributed by atoms with E-state index in [1.54, 1.807) is 6.92 Å². The first-order valence-corrected chi connectivity index (χ1v) is 6.06. The molecule has 0 saturated carbocycles. The normalized spacial score (nSPS) is 17.3. The fraction of sp³-hybridized carbons (Fsp3) is 0.214. The monoisotopic (exact) mass is 299 g/mol.